The molecule has 1 saturated heterocycles. The number of aromatic nitrogens is 5. The molecule has 4 aromatic rings. The van der Waals surface area contributed by atoms with Gasteiger partial charge in [0.25, 0.3) is 0 Å². The molecule has 1 aliphatic rings. The van der Waals surface area contributed by atoms with Crippen LogP contribution in [0.25, 0.3) is 22.5 Å². The van der Waals surface area contributed by atoms with Crippen LogP contribution in [0.2, 0.25) is 0 Å². The third kappa shape index (κ3) is 5.53. The largest absolute Gasteiger partial charge is 0.383 e. The zero-order valence-corrected chi connectivity index (χ0v) is 20.8. The van der Waals surface area contributed by atoms with Gasteiger partial charge in [0.2, 0.25) is 5.95 Å². The van der Waals surface area contributed by atoms with E-state index in [2.05, 4.69) is 56.3 Å². The Balaban J connectivity index is 1.29. The molecule has 9 nitrogen and oxygen atoms in total. The minimum Gasteiger partial charge on any atom is -0.383 e. The van der Waals surface area contributed by atoms with Crippen LogP contribution in [-0.2, 0) is 11.3 Å². The molecule has 0 aliphatic carbocycles. The lowest BCUT2D eigenvalue weighted by molar-refractivity contribution is 0.144. The lowest BCUT2D eigenvalue weighted by Crippen LogP contribution is -2.47. The summed E-state index contributed by atoms with van der Waals surface area (Å²) in [4.78, 5) is 18.4. The summed E-state index contributed by atoms with van der Waals surface area (Å²) in [5, 5.41) is 8.10. The molecule has 1 aromatic carbocycles. The first-order chi connectivity index (χ1) is 17.7. The predicted octanol–water partition coefficient (Wildman–Crippen LogP) is 3.93. The number of hydrogen-bond donors (Lipinski definition) is 1. The Bertz CT molecular complexity index is 1250. The first-order valence-corrected chi connectivity index (χ1v) is 12.4. The number of nitrogens with one attached hydrogen (secondary N) is 1. The fourth-order valence-electron chi connectivity index (χ4n) is 4.39. The molecular weight excluding hydrogens is 452 g/mol. The lowest BCUT2D eigenvalue weighted by Gasteiger charge is -2.36. The SMILES string of the molecule is CCn1cc(-c2ccnc(Nc3ccc(N4CCN(CCOC)CC4)cc3)n2)c(-c2cccnc2)n1. The van der Waals surface area contributed by atoms with Gasteiger partial charge in [-0.1, -0.05) is 0 Å². The molecule has 9 heteroatoms. The molecule has 186 valence electrons. The standard InChI is InChI=1S/C27H32N8O/c1-3-35-20-24(26(32-35)21-5-4-11-28-19-21)25-10-12-29-27(31-25)30-22-6-8-23(9-7-22)34-15-13-33(14-16-34)17-18-36-2/h4-12,19-20H,3,13-18H2,1-2H3,(H,29,30,31). The fraction of sp³-hybridized carbons (Fsp3) is 0.333. The number of methoxy groups -OCH3 is 1. The van der Waals surface area contributed by atoms with Crippen molar-refractivity contribution in [3.8, 4) is 22.5 Å². The molecule has 0 spiro atoms. The van der Waals surface area contributed by atoms with Crippen LogP contribution in [0.1, 0.15) is 6.92 Å². The minimum atomic E-state index is 0.549. The number of piperazine rings is 1. The number of benzene rings is 1. The summed E-state index contributed by atoms with van der Waals surface area (Å²) in [6, 6.07) is 14.3. The van der Waals surface area contributed by atoms with Crippen molar-refractivity contribution in [2.75, 3.05) is 56.7 Å². The maximum absolute atomic E-state index is 5.20. The number of anilines is 3. The third-order valence-electron chi connectivity index (χ3n) is 6.42. The average molecular weight is 485 g/mol. The van der Waals surface area contributed by atoms with Crippen molar-refractivity contribution < 1.29 is 4.74 Å². The highest BCUT2D eigenvalue weighted by Crippen LogP contribution is 2.30. The summed E-state index contributed by atoms with van der Waals surface area (Å²) >= 11 is 0. The van der Waals surface area contributed by atoms with Gasteiger partial charge in [0.05, 0.1) is 12.3 Å². The van der Waals surface area contributed by atoms with Crippen molar-refractivity contribution in [2.45, 2.75) is 13.5 Å². The van der Waals surface area contributed by atoms with E-state index >= 15 is 0 Å². The molecular formula is C27H32N8O. The Kier molecular flexibility index (Phi) is 7.49. The Morgan fingerprint density at radius 3 is 2.56 bits per heavy atom. The molecule has 1 N–H and O–H groups in total. The Hall–Kier alpha value is -3.82. The van der Waals surface area contributed by atoms with Crippen molar-refractivity contribution >= 4 is 17.3 Å². The van der Waals surface area contributed by atoms with E-state index in [1.54, 1.807) is 19.5 Å². The van der Waals surface area contributed by atoms with Gasteiger partial charge in [0.1, 0.15) is 5.69 Å². The quantitative estimate of drug-likeness (QED) is 0.383. The van der Waals surface area contributed by atoms with Gasteiger partial charge in [-0.25, -0.2) is 9.97 Å². The Labute approximate surface area is 211 Å². The van der Waals surface area contributed by atoms with Crippen LogP contribution in [0.4, 0.5) is 17.3 Å². The van der Waals surface area contributed by atoms with E-state index < -0.39 is 0 Å². The smallest absolute Gasteiger partial charge is 0.227 e. The topological polar surface area (TPSA) is 84.2 Å². The van der Waals surface area contributed by atoms with Crippen LogP contribution in [0.3, 0.4) is 0 Å². The number of aryl methyl sites for hydroxylation is 1. The van der Waals surface area contributed by atoms with Gasteiger partial charge in [-0.2, -0.15) is 5.10 Å². The van der Waals surface area contributed by atoms with E-state index in [0.717, 1.165) is 74.1 Å². The van der Waals surface area contributed by atoms with Gasteiger partial charge in [0.15, 0.2) is 0 Å². The molecule has 0 atom stereocenters. The first kappa shape index (κ1) is 23.9. The van der Waals surface area contributed by atoms with Crippen LogP contribution in [0.5, 0.6) is 0 Å². The molecule has 1 aliphatic heterocycles. The monoisotopic (exact) mass is 484 g/mol. The molecule has 0 saturated carbocycles. The molecule has 1 fully saturated rings. The second kappa shape index (κ2) is 11.3. The normalized spacial score (nSPS) is 14.2. The van der Waals surface area contributed by atoms with Gasteiger partial charge in [-0.05, 0) is 49.4 Å². The maximum atomic E-state index is 5.20. The number of nitrogens with zero attached hydrogens (tertiary/aromatic N) is 7. The van der Waals surface area contributed by atoms with E-state index in [9.17, 15) is 0 Å². The predicted molar refractivity (Wildman–Crippen MR) is 142 cm³/mol. The summed E-state index contributed by atoms with van der Waals surface area (Å²) in [5.41, 5.74) is 5.77. The maximum Gasteiger partial charge on any atom is 0.227 e. The van der Waals surface area contributed by atoms with Crippen molar-refractivity contribution in [2.24, 2.45) is 0 Å². The fourth-order valence-corrected chi connectivity index (χ4v) is 4.39. The second-order valence-corrected chi connectivity index (χ2v) is 8.75. The minimum absolute atomic E-state index is 0.549. The molecule has 4 heterocycles. The molecule has 0 amide bonds. The van der Waals surface area contributed by atoms with E-state index in [4.69, 9.17) is 14.8 Å². The highest BCUT2D eigenvalue weighted by molar-refractivity contribution is 5.78. The third-order valence-corrected chi connectivity index (χ3v) is 6.42. The summed E-state index contributed by atoms with van der Waals surface area (Å²) in [6.07, 6.45) is 7.39. The summed E-state index contributed by atoms with van der Waals surface area (Å²) in [5.74, 6) is 0.549. The van der Waals surface area contributed by atoms with Crippen molar-refractivity contribution in [3.63, 3.8) is 0 Å². The van der Waals surface area contributed by atoms with Crippen LogP contribution < -0.4 is 10.2 Å². The average Bonchev–Trinajstić information content (AvgIpc) is 3.38. The Morgan fingerprint density at radius 2 is 1.83 bits per heavy atom. The zero-order valence-electron chi connectivity index (χ0n) is 20.8. The van der Waals surface area contributed by atoms with E-state index in [1.807, 2.05) is 35.3 Å². The number of pyridine rings is 1. The van der Waals surface area contributed by atoms with Gasteiger partial charge in [0, 0.05) is 93.7 Å². The summed E-state index contributed by atoms with van der Waals surface area (Å²) in [7, 11) is 1.76. The van der Waals surface area contributed by atoms with Crippen molar-refractivity contribution in [3.05, 3.63) is 67.3 Å². The van der Waals surface area contributed by atoms with Crippen LogP contribution in [0, 0.1) is 0 Å². The van der Waals surface area contributed by atoms with E-state index in [1.165, 1.54) is 5.69 Å². The molecule has 0 radical (unpaired) electrons. The molecule has 0 bridgehead atoms. The number of rotatable bonds is 9. The molecule has 36 heavy (non-hydrogen) atoms. The van der Waals surface area contributed by atoms with Gasteiger partial charge in [-0.15, -0.1) is 0 Å². The van der Waals surface area contributed by atoms with Gasteiger partial charge in [-0.3, -0.25) is 14.6 Å². The zero-order chi connectivity index (χ0) is 24.7. The number of hydrogen-bond acceptors (Lipinski definition) is 8. The molecule has 5 rings (SSSR count). The van der Waals surface area contributed by atoms with Gasteiger partial charge >= 0.3 is 0 Å². The van der Waals surface area contributed by atoms with E-state index in [0.29, 0.717) is 5.95 Å². The van der Waals surface area contributed by atoms with Crippen molar-refractivity contribution in [1.29, 1.82) is 0 Å². The van der Waals surface area contributed by atoms with E-state index in [-0.39, 0.29) is 0 Å². The number of ether oxygens (including phenoxy) is 1. The molecule has 3 aromatic heterocycles. The lowest BCUT2D eigenvalue weighted by atomic mass is 10.1. The molecule has 0 unspecified atom stereocenters. The van der Waals surface area contributed by atoms with Crippen LogP contribution in [-0.4, -0.2) is 76.1 Å². The Morgan fingerprint density at radius 1 is 1.00 bits per heavy atom. The highest BCUT2D eigenvalue weighted by Gasteiger charge is 2.17. The van der Waals surface area contributed by atoms with Crippen LogP contribution in [0.15, 0.2) is 67.3 Å². The highest BCUT2D eigenvalue weighted by atomic mass is 16.5. The summed E-state index contributed by atoms with van der Waals surface area (Å²) < 4.78 is 7.12. The summed E-state index contributed by atoms with van der Waals surface area (Å²) in [6.45, 7) is 8.78. The van der Waals surface area contributed by atoms with Crippen LogP contribution >= 0.6 is 0 Å². The second-order valence-electron chi connectivity index (χ2n) is 8.75. The van der Waals surface area contributed by atoms with Crippen molar-refractivity contribution in [1.82, 2.24) is 29.6 Å². The first-order valence-electron chi connectivity index (χ1n) is 12.4. The van der Waals surface area contributed by atoms with Gasteiger partial charge < -0.3 is 15.0 Å².